The third kappa shape index (κ3) is 4.27. The lowest BCUT2D eigenvalue weighted by Crippen LogP contribution is -2.31. The number of carbonyl (C=O) groups excluding carboxylic acids is 2. The Kier molecular flexibility index (Phi) is 6.35. The summed E-state index contributed by atoms with van der Waals surface area (Å²) < 4.78 is 21.8. The predicted octanol–water partition coefficient (Wildman–Crippen LogP) is 4.09. The summed E-state index contributed by atoms with van der Waals surface area (Å²) >= 11 is 0. The molecule has 8 nitrogen and oxygen atoms in total. The molecule has 0 atom stereocenters. The number of nitrogens with zero attached hydrogens (tertiary/aromatic N) is 1. The summed E-state index contributed by atoms with van der Waals surface area (Å²) in [5.41, 5.74) is 1.46. The molecule has 4 rings (SSSR count). The van der Waals surface area contributed by atoms with Gasteiger partial charge in [0, 0.05) is 0 Å². The van der Waals surface area contributed by atoms with Gasteiger partial charge in [0.15, 0.2) is 11.5 Å². The minimum absolute atomic E-state index is 0.0136. The van der Waals surface area contributed by atoms with Crippen molar-refractivity contribution >= 4 is 23.1 Å². The average Bonchev–Trinajstić information content (AvgIpc) is 3.43. The number of methoxy groups -OCH3 is 2. The molecule has 0 saturated carbocycles. The summed E-state index contributed by atoms with van der Waals surface area (Å²) in [6, 6.07) is 15.8. The Bertz CT molecular complexity index is 1200. The van der Waals surface area contributed by atoms with Crippen LogP contribution in [0.5, 0.6) is 17.2 Å². The fraction of sp³-hybridized carbons (Fsp3) is 0.200. The molecular weight excluding hydrogens is 424 g/mol. The standard InChI is InChI=1S/C25H24N2O6/c1-4-32-19-10-6-5-9-18(19)26-23-22(16-11-12-20(30-2)21(14-16)31-3)24(28)27(25(23)29)15-17-8-7-13-33-17/h5-14,26H,4,15H2,1-3H3. The van der Waals surface area contributed by atoms with Gasteiger partial charge >= 0.3 is 0 Å². The summed E-state index contributed by atoms with van der Waals surface area (Å²) in [7, 11) is 3.04. The first-order chi connectivity index (χ1) is 16.1. The Morgan fingerprint density at radius 2 is 1.70 bits per heavy atom. The van der Waals surface area contributed by atoms with E-state index < -0.39 is 11.8 Å². The molecule has 0 bridgehead atoms. The highest BCUT2D eigenvalue weighted by Crippen LogP contribution is 2.37. The molecular formula is C25H24N2O6. The number of nitrogens with one attached hydrogen (secondary N) is 1. The number of para-hydroxylation sites is 2. The van der Waals surface area contributed by atoms with Gasteiger partial charge in [-0.1, -0.05) is 18.2 Å². The number of hydrogen-bond acceptors (Lipinski definition) is 7. The van der Waals surface area contributed by atoms with Gasteiger partial charge in [0.05, 0.1) is 44.9 Å². The molecule has 33 heavy (non-hydrogen) atoms. The topological polar surface area (TPSA) is 90.2 Å². The lowest BCUT2D eigenvalue weighted by molar-refractivity contribution is -0.137. The van der Waals surface area contributed by atoms with Crippen molar-refractivity contribution in [3.8, 4) is 17.2 Å². The van der Waals surface area contributed by atoms with Gasteiger partial charge in [0.1, 0.15) is 17.2 Å². The van der Waals surface area contributed by atoms with Crippen LogP contribution in [0.2, 0.25) is 0 Å². The van der Waals surface area contributed by atoms with Crippen LogP contribution in [-0.4, -0.2) is 37.5 Å². The minimum atomic E-state index is -0.465. The molecule has 0 spiro atoms. The number of ether oxygens (including phenoxy) is 3. The number of benzene rings is 2. The number of carbonyl (C=O) groups is 2. The van der Waals surface area contributed by atoms with Crippen molar-refractivity contribution < 1.29 is 28.2 Å². The molecule has 0 fully saturated rings. The summed E-state index contributed by atoms with van der Waals surface area (Å²) in [6.07, 6.45) is 1.50. The van der Waals surface area contributed by atoms with E-state index in [-0.39, 0.29) is 17.8 Å². The maximum Gasteiger partial charge on any atom is 0.278 e. The number of rotatable bonds is 9. The fourth-order valence-electron chi connectivity index (χ4n) is 3.64. The molecule has 170 valence electrons. The Hall–Kier alpha value is -4.20. The molecule has 2 amide bonds. The van der Waals surface area contributed by atoms with Crippen LogP contribution < -0.4 is 19.5 Å². The van der Waals surface area contributed by atoms with E-state index in [1.807, 2.05) is 19.1 Å². The number of imide groups is 1. The third-order valence-corrected chi connectivity index (χ3v) is 5.18. The lowest BCUT2D eigenvalue weighted by Gasteiger charge is -2.15. The molecule has 0 radical (unpaired) electrons. The maximum atomic E-state index is 13.5. The molecule has 2 aromatic carbocycles. The highest BCUT2D eigenvalue weighted by Gasteiger charge is 2.40. The summed E-state index contributed by atoms with van der Waals surface area (Å²) in [5, 5.41) is 3.14. The van der Waals surface area contributed by atoms with Crippen molar-refractivity contribution in [2.75, 3.05) is 26.1 Å². The zero-order valence-corrected chi connectivity index (χ0v) is 18.6. The molecule has 1 N–H and O–H groups in total. The number of anilines is 1. The number of furan rings is 1. The van der Waals surface area contributed by atoms with Crippen LogP contribution >= 0.6 is 0 Å². The first-order valence-corrected chi connectivity index (χ1v) is 10.4. The average molecular weight is 448 g/mol. The molecule has 3 aromatic rings. The van der Waals surface area contributed by atoms with Crippen molar-refractivity contribution in [2.45, 2.75) is 13.5 Å². The van der Waals surface area contributed by atoms with E-state index in [9.17, 15) is 9.59 Å². The van der Waals surface area contributed by atoms with Gasteiger partial charge in [0.25, 0.3) is 11.8 Å². The van der Waals surface area contributed by atoms with Crippen LogP contribution in [0.15, 0.2) is 71.0 Å². The van der Waals surface area contributed by atoms with Crippen LogP contribution in [0.1, 0.15) is 18.2 Å². The molecule has 1 aliphatic rings. The molecule has 2 heterocycles. The molecule has 0 aliphatic carbocycles. The van der Waals surface area contributed by atoms with E-state index in [0.717, 1.165) is 4.90 Å². The predicted molar refractivity (Wildman–Crippen MR) is 122 cm³/mol. The van der Waals surface area contributed by atoms with Crippen molar-refractivity contribution in [3.05, 3.63) is 77.9 Å². The first-order valence-electron chi connectivity index (χ1n) is 10.4. The van der Waals surface area contributed by atoms with E-state index in [1.54, 1.807) is 42.5 Å². The highest BCUT2D eigenvalue weighted by atomic mass is 16.5. The number of amides is 2. The highest BCUT2D eigenvalue weighted by molar-refractivity contribution is 6.36. The summed E-state index contributed by atoms with van der Waals surface area (Å²) in [5.74, 6) is 1.12. The van der Waals surface area contributed by atoms with Crippen LogP contribution in [-0.2, 0) is 16.1 Å². The summed E-state index contributed by atoms with van der Waals surface area (Å²) in [4.78, 5) is 28.0. The van der Waals surface area contributed by atoms with Gasteiger partial charge in [-0.25, -0.2) is 0 Å². The van der Waals surface area contributed by atoms with E-state index >= 15 is 0 Å². The van der Waals surface area contributed by atoms with Gasteiger partial charge in [0.2, 0.25) is 0 Å². The zero-order chi connectivity index (χ0) is 23.4. The first kappa shape index (κ1) is 22.0. The second-order valence-corrected chi connectivity index (χ2v) is 7.15. The second kappa shape index (κ2) is 9.52. The van der Waals surface area contributed by atoms with Crippen molar-refractivity contribution in [1.29, 1.82) is 0 Å². The van der Waals surface area contributed by atoms with E-state index in [4.69, 9.17) is 18.6 Å². The van der Waals surface area contributed by atoms with Gasteiger partial charge in [-0.05, 0) is 48.9 Å². The molecule has 0 unspecified atom stereocenters. The maximum absolute atomic E-state index is 13.5. The quantitative estimate of drug-likeness (QED) is 0.493. The molecule has 1 aliphatic heterocycles. The Labute approximate surface area is 191 Å². The molecule has 8 heteroatoms. The van der Waals surface area contributed by atoms with Crippen LogP contribution in [0.4, 0.5) is 5.69 Å². The Morgan fingerprint density at radius 1 is 0.909 bits per heavy atom. The SMILES string of the molecule is CCOc1ccccc1NC1=C(c2ccc(OC)c(OC)c2)C(=O)N(Cc2ccco2)C1=O. The fourth-order valence-corrected chi connectivity index (χ4v) is 3.64. The van der Waals surface area contributed by atoms with Crippen molar-refractivity contribution in [1.82, 2.24) is 4.90 Å². The van der Waals surface area contributed by atoms with Crippen LogP contribution in [0, 0.1) is 0 Å². The van der Waals surface area contributed by atoms with Crippen LogP contribution in [0.25, 0.3) is 5.57 Å². The van der Waals surface area contributed by atoms with Crippen molar-refractivity contribution in [3.63, 3.8) is 0 Å². The Morgan fingerprint density at radius 3 is 2.39 bits per heavy atom. The van der Waals surface area contributed by atoms with Gasteiger partial charge in [-0.3, -0.25) is 14.5 Å². The van der Waals surface area contributed by atoms with Crippen LogP contribution in [0.3, 0.4) is 0 Å². The van der Waals surface area contributed by atoms with Gasteiger partial charge in [-0.2, -0.15) is 0 Å². The minimum Gasteiger partial charge on any atom is -0.493 e. The van der Waals surface area contributed by atoms with Gasteiger partial charge < -0.3 is 23.9 Å². The second-order valence-electron chi connectivity index (χ2n) is 7.15. The normalized spacial score (nSPS) is 13.5. The van der Waals surface area contributed by atoms with E-state index in [2.05, 4.69) is 5.32 Å². The smallest absolute Gasteiger partial charge is 0.278 e. The van der Waals surface area contributed by atoms with Crippen molar-refractivity contribution in [2.24, 2.45) is 0 Å². The van der Waals surface area contributed by atoms with Gasteiger partial charge in [-0.15, -0.1) is 0 Å². The largest absolute Gasteiger partial charge is 0.493 e. The van der Waals surface area contributed by atoms with E-state index in [0.29, 0.717) is 40.9 Å². The third-order valence-electron chi connectivity index (χ3n) is 5.18. The number of hydrogen-bond donors (Lipinski definition) is 1. The molecule has 0 saturated heterocycles. The zero-order valence-electron chi connectivity index (χ0n) is 18.6. The van der Waals surface area contributed by atoms with E-state index in [1.165, 1.54) is 20.5 Å². The lowest BCUT2D eigenvalue weighted by atomic mass is 10.0. The Balaban J connectivity index is 1.80. The monoisotopic (exact) mass is 448 g/mol. The summed E-state index contributed by atoms with van der Waals surface area (Å²) in [6.45, 7) is 2.35. The molecule has 1 aromatic heterocycles.